The molecule has 3 rings (SSSR count). The molecule has 7 nitrogen and oxygen atoms in total. The number of carbonyl (C=O) groups is 2. The highest BCUT2D eigenvalue weighted by Gasteiger charge is 2.45. The van der Waals surface area contributed by atoms with Crippen LogP contribution in [0.25, 0.3) is 10.8 Å². The number of hydrogen-bond donors (Lipinski definition) is 1. The van der Waals surface area contributed by atoms with E-state index in [0.717, 1.165) is 16.7 Å². The van der Waals surface area contributed by atoms with Crippen molar-refractivity contribution in [3.05, 3.63) is 76.3 Å². The molecule has 0 amide bonds. The molecule has 10 heteroatoms. The minimum absolute atomic E-state index is 0.0130. The first-order valence-corrected chi connectivity index (χ1v) is 11.1. The van der Waals surface area contributed by atoms with Crippen molar-refractivity contribution in [1.29, 1.82) is 0 Å². The van der Waals surface area contributed by atoms with Crippen molar-refractivity contribution in [3.8, 4) is 5.75 Å². The van der Waals surface area contributed by atoms with Crippen LogP contribution in [-0.2, 0) is 14.9 Å². The van der Waals surface area contributed by atoms with E-state index in [0.29, 0.717) is 11.1 Å². The monoisotopic (exact) mass is 478 g/mol. The van der Waals surface area contributed by atoms with Crippen LogP contribution in [-0.4, -0.2) is 36.8 Å². The van der Waals surface area contributed by atoms with Crippen molar-refractivity contribution in [1.82, 2.24) is 0 Å². The van der Waals surface area contributed by atoms with Gasteiger partial charge in [0.05, 0.1) is 11.1 Å². The Bertz CT molecular complexity index is 1340. The summed E-state index contributed by atoms with van der Waals surface area (Å²) in [7, 11) is -5.77. The van der Waals surface area contributed by atoms with Crippen LogP contribution >= 0.6 is 0 Å². The van der Waals surface area contributed by atoms with E-state index in [9.17, 15) is 26.8 Å². The zero-order chi connectivity index (χ0) is 24.6. The zero-order valence-corrected chi connectivity index (χ0v) is 18.7. The lowest BCUT2D eigenvalue weighted by Crippen LogP contribution is -2.34. The van der Waals surface area contributed by atoms with Crippen molar-refractivity contribution in [2.45, 2.75) is 26.0 Å². The number of fused-ring (bicyclic) bond motifs is 1. The summed E-state index contributed by atoms with van der Waals surface area (Å²) >= 11 is 0. The molecule has 0 saturated heterocycles. The molecule has 0 saturated carbocycles. The fourth-order valence-corrected chi connectivity index (χ4v) is 3.67. The molecule has 1 N–H and O–H groups in total. The SMILES string of the molecule is Cc1cc(C)c(OC(=O)c2cccc3cccc(C(=O)OCC(F)(F)S(=O)(=O)O)c23)c(C)c1. The van der Waals surface area contributed by atoms with Crippen molar-refractivity contribution < 1.29 is 40.8 Å². The molecule has 3 aromatic rings. The molecule has 0 fully saturated rings. The van der Waals surface area contributed by atoms with E-state index in [4.69, 9.17) is 9.29 Å². The molecule has 0 aliphatic carbocycles. The van der Waals surface area contributed by atoms with Crippen LogP contribution < -0.4 is 4.74 Å². The lowest BCUT2D eigenvalue weighted by molar-refractivity contribution is -0.00937. The summed E-state index contributed by atoms with van der Waals surface area (Å²) in [5, 5.41) is -4.17. The van der Waals surface area contributed by atoms with Crippen molar-refractivity contribution in [2.24, 2.45) is 0 Å². The van der Waals surface area contributed by atoms with Crippen molar-refractivity contribution in [3.63, 3.8) is 0 Å². The molecule has 0 radical (unpaired) electrons. The highest BCUT2D eigenvalue weighted by atomic mass is 32.2. The smallest absolute Gasteiger partial charge is 0.402 e. The third kappa shape index (κ3) is 5.01. The third-order valence-corrected chi connectivity index (χ3v) is 5.77. The average molecular weight is 478 g/mol. The zero-order valence-electron chi connectivity index (χ0n) is 17.9. The fourth-order valence-electron chi connectivity index (χ4n) is 3.46. The summed E-state index contributed by atoms with van der Waals surface area (Å²) in [6.45, 7) is 3.57. The summed E-state index contributed by atoms with van der Waals surface area (Å²) in [5.41, 5.74) is 2.19. The van der Waals surface area contributed by atoms with Crippen molar-refractivity contribution >= 4 is 32.8 Å². The number of ether oxygens (including phenoxy) is 2. The Balaban J connectivity index is 2.00. The molecular formula is C23H20F2O7S. The number of aryl methyl sites for hydroxylation is 3. The molecule has 0 spiro atoms. The predicted octanol–water partition coefficient (Wildman–Crippen LogP) is 4.62. The summed E-state index contributed by atoms with van der Waals surface area (Å²) < 4.78 is 67.1. The Morgan fingerprint density at radius 1 is 0.939 bits per heavy atom. The molecule has 0 bridgehead atoms. The largest absolute Gasteiger partial charge is 0.454 e. The lowest BCUT2D eigenvalue weighted by Gasteiger charge is -2.15. The van der Waals surface area contributed by atoms with Gasteiger partial charge in [0.2, 0.25) is 0 Å². The summed E-state index contributed by atoms with van der Waals surface area (Å²) in [6, 6.07) is 12.5. The van der Waals surface area contributed by atoms with Crippen LogP contribution in [0.1, 0.15) is 37.4 Å². The molecule has 33 heavy (non-hydrogen) atoms. The van der Waals surface area contributed by atoms with E-state index in [-0.39, 0.29) is 16.5 Å². The highest BCUT2D eigenvalue weighted by Crippen LogP contribution is 2.29. The van der Waals surface area contributed by atoms with Gasteiger partial charge in [-0.05, 0) is 49.4 Å². The molecular weight excluding hydrogens is 458 g/mol. The highest BCUT2D eigenvalue weighted by molar-refractivity contribution is 7.86. The molecule has 0 atom stereocenters. The Morgan fingerprint density at radius 2 is 1.45 bits per heavy atom. The molecule has 0 heterocycles. The minimum Gasteiger partial charge on any atom is -0.454 e. The summed E-state index contributed by atoms with van der Waals surface area (Å²) in [6.07, 6.45) is 0. The number of hydrogen-bond acceptors (Lipinski definition) is 6. The van der Waals surface area contributed by atoms with Gasteiger partial charge in [-0.25, -0.2) is 9.59 Å². The number of carbonyl (C=O) groups excluding carboxylic acids is 2. The first-order chi connectivity index (χ1) is 15.3. The first kappa shape index (κ1) is 24.3. The number of benzene rings is 3. The Labute approximate surface area is 188 Å². The first-order valence-electron chi connectivity index (χ1n) is 9.65. The maximum Gasteiger partial charge on any atom is 0.402 e. The van der Waals surface area contributed by atoms with Gasteiger partial charge in [0, 0.05) is 5.39 Å². The lowest BCUT2D eigenvalue weighted by atomic mass is 9.99. The third-order valence-electron chi connectivity index (χ3n) is 4.89. The quantitative estimate of drug-likeness (QED) is 0.313. The Hall–Kier alpha value is -3.37. The van der Waals surface area contributed by atoms with Gasteiger partial charge in [-0.2, -0.15) is 17.2 Å². The summed E-state index contributed by atoms with van der Waals surface area (Å²) in [5.74, 6) is -1.72. The molecule has 0 unspecified atom stereocenters. The van der Waals surface area contributed by atoms with Crippen molar-refractivity contribution in [2.75, 3.05) is 6.61 Å². The maximum absolute atomic E-state index is 13.5. The standard InChI is InChI=1S/C23H20F2O7S/c1-13-10-14(2)20(15(3)11-13)32-22(27)18-9-5-7-16-6-4-8-17(19(16)18)21(26)31-12-23(24,25)33(28,29)30/h4-11H,12H2,1-3H3,(H,28,29,30). The van der Waals surface area contributed by atoms with Crippen LogP contribution in [0, 0.1) is 20.8 Å². The molecule has 0 aromatic heterocycles. The van der Waals surface area contributed by atoms with Gasteiger partial charge in [-0.15, -0.1) is 0 Å². The van der Waals surface area contributed by atoms with Gasteiger partial charge >= 0.3 is 27.3 Å². The van der Waals surface area contributed by atoms with Gasteiger partial charge in [-0.1, -0.05) is 42.0 Å². The van der Waals surface area contributed by atoms with E-state index in [2.05, 4.69) is 4.74 Å². The Morgan fingerprint density at radius 3 is 1.97 bits per heavy atom. The van der Waals surface area contributed by atoms with Gasteiger partial charge in [0.15, 0.2) is 6.61 Å². The normalized spacial score (nSPS) is 11.9. The van der Waals surface area contributed by atoms with Gasteiger partial charge in [-0.3, -0.25) is 4.55 Å². The maximum atomic E-state index is 13.5. The number of alkyl halides is 2. The van der Waals surface area contributed by atoms with E-state index < -0.39 is 33.9 Å². The van der Waals surface area contributed by atoms with E-state index in [1.165, 1.54) is 18.2 Å². The Kier molecular flexibility index (Phi) is 6.53. The predicted molar refractivity (Wildman–Crippen MR) is 116 cm³/mol. The molecule has 0 aliphatic heterocycles. The van der Waals surface area contributed by atoms with Crippen LogP contribution in [0.5, 0.6) is 5.75 Å². The van der Waals surface area contributed by atoms with Gasteiger partial charge in [0.1, 0.15) is 5.75 Å². The molecule has 0 aliphatic rings. The second kappa shape index (κ2) is 8.87. The van der Waals surface area contributed by atoms with Crippen LogP contribution in [0.4, 0.5) is 8.78 Å². The topological polar surface area (TPSA) is 107 Å². The second-order valence-corrected chi connectivity index (χ2v) is 9.06. The van der Waals surface area contributed by atoms with Crippen LogP contribution in [0.2, 0.25) is 0 Å². The van der Waals surface area contributed by atoms with E-state index >= 15 is 0 Å². The van der Waals surface area contributed by atoms with Crippen LogP contribution in [0.15, 0.2) is 48.5 Å². The van der Waals surface area contributed by atoms with E-state index in [1.807, 2.05) is 19.1 Å². The molecule has 174 valence electrons. The van der Waals surface area contributed by atoms with Gasteiger partial charge in [0.25, 0.3) is 0 Å². The fraction of sp³-hybridized carbons (Fsp3) is 0.217. The number of halogens is 2. The average Bonchev–Trinajstić information content (AvgIpc) is 2.72. The van der Waals surface area contributed by atoms with E-state index in [1.54, 1.807) is 32.0 Å². The van der Waals surface area contributed by atoms with Crippen LogP contribution in [0.3, 0.4) is 0 Å². The number of esters is 2. The summed E-state index contributed by atoms with van der Waals surface area (Å²) in [4.78, 5) is 25.6. The molecule has 3 aromatic carbocycles. The number of rotatable bonds is 6. The minimum atomic E-state index is -5.77. The second-order valence-electron chi connectivity index (χ2n) is 7.52. The van der Waals surface area contributed by atoms with Gasteiger partial charge < -0.3 is 9.47 Å².